The molecule has 4 aromatic rings. The number of hydrogen-bond acceptors (Lipinski definition) is 1. The predicted octanol–water partition coefficient (Wildman–Crippen LogP) is 3.24. The molecular formula is C18H15N2Se+. The monoisotopic (exact) mass is 339 g/mol. The molecule has 0 fully saturated rings. The maximum atomic E-state index is 4.59. The fourth-order valence-electron chi connectivity index (χ4n) is 2.95. The van der Waals surface area contributed by atoms with E-state index in [4.69, 9.17) is 0 Å². The zero-order valence-electron chi connectivity index (χ0n) is 12.0. The molecule has 0 N–H and O–H groups in total. The van der Waals surface area contributed by atoms with Gasteiger partial charge in [-0.3, -0.25) is 0 Å². The van der Waals surface area contributed by atoms with Gasteiger partial charge in [-0.1, -0.05) is 0 Å². The van der Waals surface area contributed by atoms with Crippen LogP contribution in [0.1, 0.15) is 5.56 Å². The molecule has 102 valence electrons. The molecule has 2 aromatic carbocycles. The van der Waals surface area contributed by atoms with Gasteiger partial charge in [-0.05, 0) is 0 Å². The Morgan fingerprint density at radius 1 is 0.952 bits per heavy atom. The van der Waals surface area contributed by atoms with E-state index in [1.165, 1.54) is 37.2 Å². The Labute approximate surface area is 129 Å². The molecule has 0 radical (unpaired) electrons. The van der Waals surface area contributed by atoms with Gasteiger partial charge < -0.3 is 0 Å². The van der Waals surface area contributed by atoms with Crippen LogP contribution < -0.4 is 4.68 Å². The summed E-state index contributed by atoms with van der Waals surface area (Å²) in [5.41, 5.74) is 3.73. The third-order valence-electron chi connectivity index (χ3n) is 4.02. The van der Waals surface area contributed by atoms with Gasteiger partial charge in [-0.15, -0.1) is 0 Å². The summed E-state index contributed by atoms with van der Waals surface area (Å²) in [6.45, 7) is 2.16. The number of rotatable bonds is 1. The molecule has 0 amide bonds. The van der Waals surface area contributed by atoms with Crippen LogP contribution in [0.2, 0.25) is 0 Å². The Hall–Kier alpha value is -1.96. The van der Waals surface area contributed by atoms with E-state index in [0.29, 0.717) is 14.5 Å². The summed E-state index contributed by atoms with van der Waals surface area (Å²) in [6, 6.07) is 15.3. The average molecular weight is 338 g/mol. The van der Waals surface area contributed by atoms with E-state index in [1.54, 1.807) is 0 Å². The van der Waals surface area contributed by atoms with Crippen molar-refractivity contribution in [3.8, 4) is 11.3 Å². The first-order valence-electron chi connectivity index (χ1n) is 6.97. The van der Waals surface area contributed by atoms with E-state index in [9.17, 15) is 0 Å². The molecule has 0 bridgehead atoms. The zero-order chi connectivity index (χ0) is 14.4. The van der Waals surface area contributed by atoms with Crippen LogP contribution in [0.25, 0.3) is 31.7 Å². The second-order valence-corrected chi connectivity index (χ2v) is 7.28. The van der Waals surface area contributed by atoms with Crippen molar-refractivity contribution < 1.29 is 4.68 Å². The van der Waals surface area contributed by atoms with Crippen molar-refractivity contribution in [2.75, 3.05) is 0 Å². The molecule has 0 aliphatic heterocycles. The van der Waals surface area contributed by atoms with Gasteiger partial charge in [0.15, 0.2) is 0 Å². The molecule has 21 heavy (non-hydrogen) atoms. The molecule has 0 unspecified atom stereocenters. The first-order chi connectivity index (χ1) is 10.3. The Morgan fingerprint density at radius 3 is 2.67 bits per heavy atom. The van der Waals surface area contributed by atoms with Gasteiger partial charge >= 0.3 is 129 Å². The summed E-state index contributed by atoms with van der Waals surface area (Å²) in [5, 5.41) is 8.49. The summed E-state index contributed by atoms with van der Waals surface area (Å²) < 4.78 is 3.45. The van der Waals surface area contributed by atoms with Gasteiger partial charge in [0.2, 0.25) is 0 Å². The average Bonchev–Trinajstić information content (AvgIpc) is 2.97. The summed E-state index contributed by atoms with van der Waals surface area (Å²) in [7, 11) is 2.02. The van der Waals surface area contributed by atoms with Crippen molar-refractivity contribution in [3.05, 3.63) is 59.2 Å². The third kappa shape index (κ3) is 1.93. The number of hydrogen-bond donors (Lipinski definition) is 0. The van der Waals surface area contributed by atoms with E-state index in [2.05, 4.69) is 59.4 Å². The number of benzene rings is 2. The van der Waals surface area contributed by atoms with Crippen LogP contribution in [0.15, 0.2) is 53.6 Å². The Balaban J connectivity index is 2.17. The second-order valence-electron chi connectivity index (χ2n) is 5.29. The van der Waals surface area contributed by atoms with Gasteiger partial charge in [0.1, 0.15) is 0 Å². The van der Waals surface area contributed by atoms with Crippen LogP contribution in [-0.4, -0.2) is 19.6 Å². The van der Waals surface area contributed by atoms with Gasteiger partial charge in [0.05, 0.1) is 0 Å². The summed E-state index contributed by atoms with van der Waals surface area (Å²) >= 11 is 0.477. The topological polar surface area (TPSA) is 16.8 Å². The van der Waals surface area contributed by atoms with Crippen molar-refractivity contribution in [1.82, 2.24) is 5.10 Å². The van der Waals surface area contributed by atoms with E-state index in [0.717, 1.165) is 0 Å². The predicted molar refractivity (Wildman–Crippen MR) is 87.5 cm³/mol. The molecular weight excluding hydrogens is 323 g/mol. The van der Waals surface area contributed by atoms with E-state index in [-0.39, 0.29) is 0 Å². The van der Waals surface area contributed by atoms with Gasteiger partial charge in [0.25, 0.3) is 0 Å². The van der Waals surface area contributed by atoms with Crippen molar-refractivity contribution in [2.24, 2.45) is 7.05 Å². The zero-order valence-corrected chi connectivity index (χ0v) is 13.7. The Morgan fingerprint density at radius 2 is 1.81 bits per heavy atom. The van der Waals surface area contributed by atoms with Crippen LogP contribution in [-0.2, 0) is 7.05 Å². The van der Waals surface area contributed by atoms with Crippen LogP contribution in [0.3, 0.4) is 0 Å². The molecule has 2 aromatic heterocycles. The minimum absolute atomic E-state index is 0.477. The molecule has 2 heterocycles. The number of fused-ring (bicyclic) bond motifs is 3. The first kappa shape index (κ1) is 12.8. The summed E-state index contributed by atoms with van der Waals surface area (Å²) in [6.07, 6.45) is 2.00. The van der Waals surface area contributed by atoms with Gasteiger partial charge in [-0.2, -0.15) is 0 Å². The molecule has 4 rings (SSSR count). The SMILES string of the molecule is Cc1ccccc1-c1c2ccc3[se]ccc3c2cn[n+]1C. The van der Waals surface area contributed by atoms with Gasteiger partial charge in [-0.25, -0.2) is 0 Å². The van der Waals surface area contributed by atoms with Crippen LogP contribution >= 0.6 is 0 Å². The molecule has 2 nitrogen and oxygen atoms in total. The van der Waals surface area contributed by atoms with Crippen molar-refractivity contribution in [3.63, 3.8) is 0 Å². The van der Waals surface area contributed by atoms with E-state index in [1.807, 2.05) is 17.9 Å². The van der Waals surface area contributed by atoms with Crippen LogP contribution in [0, 0.1) is 6.92 Å². The van der Waals surface area contributed by atoms with E-state index >= 15 is 0 Å². The minimum atomic E-state index is 0.477. The second kappa shape index (κ2) is 4.80. The van der Waals surface area contributed by atoms with Crippen molar-refractivity contribution in [1.29, 1.82) is 0 Å². The Bertz CT molecular complexity index is 969. The summed E-state index contributed by atoms with van der Waals surface area (Å²) in [4.78, 5) is 2.29. The van der Waals surface area contributed by atoms with E-state index < -0.39 is 0 Å². The molecule has 0 saturated heterocycles. The normalized spacial score (nSPS) is 11.3. The van der Waals surface area contributed by atoms with Crippen LogP contribution in [0.5, 0.6) is 0 Å². The fraction of sp³-hybridized carbons (Fsp3) is 0.111. The van der Waals surface area contributed by atoms with Crippen LogP contribution in [0.4, 0.5) is 0 Å². The molecule has 0 aliphatic carbocycles. The molecule has 0 atom stereocenters. The van der Waals surface area contributed by atoms with Gasteiger partial charge in [0, 0.05) is 0 Å². The van der Waals surface area contributed by atoms with Crippen molar-refractivity contribution in [2.45, 2.75) is 6.92 Å². The molecule has 0 spiro atoms. The molecule has 3 heteroatoms. The first-order valence-corrected chi connectivity index (χ1v) is 8.81. The Kier molecular flexibility index (Phi) is 2.91. The van der Waals surface area contributed by atoms with Crippen molar-refractivity contribution >= 4 is 34.9 Å². The third-order valence-corrected chi connectivity index (χ3v) is 5.87. The standard InChI is InChI=1S/C18H15N2Se/c1-12-5-3-4-6-13(12)18-15-7-8-17-14(9-10-21-17)16(15)11-19-20(18)2/h3-11H,1-2H3/q+1. The molecule has 0 saturated carbocycles. The fourth-order valence-corrected chi connectivity index (χ4v) is 4.63. The quantitative estimate of drug-likeness (QED) is 0.385. The summed E-state index contributed by atoms with van der Waals surface area (Å²) in [5.74, 6) is 0. The number of aryl methyl sites for hydroxylation is 2. The number of nitrogens with zero attached hydrogens (tertiary/aromatic N) is 2. The maximum absolute atomic E-state index is 4.59. The number of aromatic nitrogens is 2. The molecule has 0 aliphatic rings.